The van der Waals surface area contributed by atoms with E-state index in [2.05, 4.69) is 25.8 Å². The van der Waals surface area contributed by atoms with Crippen LogP contribution in [0.25, 0.3) is 23.3 Å². The SMILES string of the molecule is COc1c(/C=C/c2ccc(N)cc2)cc(-c2cn(C)c(=O)[nH]c2=O)cc1C(C)(C)C. The standard InChI is InChI=1S/C24H27N3O3/c1-24(2,3)20-13-17(19-14-27(4)23(29)26-22(19)28)12-16(21(20)30-5)9-6-15-7-10-18(25)11-8-15/h6-14H,25H2,1-5H3,(H,26,28,29)/b9-6+. The average molecular weight is 405 g/mol. The van der Waals surface area contributed by atoms with Gasteiger partial charge >= 0.3 is 5.69 Å². The van der Waals surface area contributed by atoms with Gasteiger partial charge in [0, 0.05) is 30.1 Å². The van der Waals surface area contributed by atoms with E-state index in [-0.39, 0.29) is 5.41 Å². The van der Waals surface area contributed by atoms with Crippen LogP contribution in [0.2, 0.25) is 0 Å². The molecule has 0 atom stereocenters. The van der Waals surface area contributed by atoms with Crippen molar-refractivity contribution in [2.45, 2.75) is 26.2 Å². The summed E-state index contributed by atoms with van der Waals surface area (Å²) in [4.78, 5) is 26.6. The molecule has 0 bridgehead atoms. The summed E-state index contributed by atoms with van der Waals surface area (Å²) in [6, 6.07) is 11.4. The van der Waals surface area contributed by atoms with Crippen molar-refractivity contribution >= 4 is 17.8 Å². The molecule has 0 aliphatic rings. The Morgan fingerprint density at radius 1 is 1.07 bits per heavy atom. The number of hydrogen-bond acceptors (Lipinski definition) is 4. The van der Waals surface area contributed by atoms with Crippen LogP contribution in [0.1, 0.15) is 37.5 Å². The molecule has 1 heterocycles. The molecular weight excluding hydrogens is 378 g/mol. The first kappa shape index (κ1) is 21.2. The second-order valence-corrected chi connectivity index (χ2v) is 8.31. The van der Waals surface area contributed by atoms with Gasteiger partial charge in [0.25, 0.3) is 5.56 Å². The monoisotopic (exact) mass is 405 g/mol. The highest BCUT2D eigenvalue weighted by molar-refractivity contribution is 5.78. The van der Waals surface area contributed by atoms with E-state index >= 15 is 0 Å². The summed E-state index contributed by atoms with van der Waals surface area (Å²) in [5.74, 6) is 0.749. The van der Waals surface area contributed by atoms with Crippen LogP contribution in [-0.4, -0.2) is 16.7 Å². The lowest BCUT2D eigenvalue weighted by Crippen LogP contribution is -2.28. The molecule has 3 aromatic rings. The number of nitrogen functional groups attached to an aromatic ring is 1. The third-order valence-corrected chi connectivity index (χ3v) is 4.94. The van der Waals surface area contributed by atoms with Gasteiger partial charge in [-0.2, -0.15) is 0 Å². The smallest absolute Gasteiger partial charge is 0.328 e. The number of H-pyrrole nitrogens is 1. The number of aryl methyl sites for hydroxylation is 1. The van der Waals surface area contributed by atoms with E-state index in [0.717, 1.165) is 28.0 Å². The molecule has 0 fully saturated rings. The summed E-state index contributed by atoms with van der Waals surface area (Å²) in [5.41, 5.74) is 9.32. The fraction of sp³-hybridized carbons (Fsp3) is 0.250. The van der Waals surface area contributed by atoms with E-state index in [1.807, 2.05) is 48.6 Å². The van der Waals surface area contributed by atoms with E-state index in [1.165, 1.54) is 4.57 Å². The van der Waals surface area contributed by atoms with Gasteiger partial charge in [-0.25, -0.2) is 4.79 Å². The van der Waals surface area contributed by atoms with Gasteiger partial charge in [-0.15, -0.1) is 0 Å². The molecule has 6 nitrogen and oxygen atoms in total. The average Bonchev–Trinajstić information content (AvgIpc) is 2.69. The highest BCUT2D eigenvalue weighted by Gasteiger charge is 2.23. The van der Waals surface area contributed by atoms with Crippen LogP contribution in [0.5, 0.6) is 5.75 Å². The highest BCUT2D eigenvalue weighted by Crippen LogP contribution is 2.38. The van der Waals surface area contributed by atoms with Crippen molar-refractivity contribution in [2.24, 2.45) is 7.05 Å². The number of nitrogens with two attached hydrogens (primary N) is 1. The zero-order valence-corrected chi connectivity index (χ0v) is 17.9. The van der Waals surface area contributed by atoms with Crippen molar-refractivity contribution in [3.63, 3.8) is 0 Å². The fourth-order valence-corrected chi connectivity index (χ4v) is 3.28. The van der Waals surface area contributed by atoms with Crippen LogP contribution in [-0.2, 0) is 12.5 Å². The van der Waals surface area contributed by atoms with Crippen molar-refractivity contribution in [3.8, 4) is 16.9 Å². The van der Waals surface area contributed by atoms with Gasteiger partial charge < -0.3 is 15.0 Å². The van der Waals surface area contributed by atoms with Crippen LogP contribution in [0.15, 0.2) is 52.2 Å². The fourth-order valence-electron chi connectivity index (χ4n) is 3.28. The Bertz CT molecular complexity index is 1210. The summed E-state index contributed by atoms with van der Waals surface area (Å²) in [7, 11) is 3.25. The van der Waals surface area contributed by atoms with Gasteiger partial charge in [0.05, 0.1) is 12.7 Å². The van der Waals surface area contributed by atoms with E-state index in [4.69, 9.17) is 10.5 Å². The molecular formula is C24H27N3O3. The predicted molar refractivity (Wildman–Crippen MR) is 123 cm³/mol. The Morgan fingerprint density at radius 3 is 2.33 bits per heavy atom. The zero-order chi connectivity index (χ0) is 22.1. The Labute approximate surface area is 175 Å². The molecule has 0 radical (unpaired) electrons. The summed E-state index contributed by atoms with van der Waals surface area (Å²) >= 11 is 0. The Hall–Kier alpha value is -3.54. The number of hydrogen-bond donors (Lipinski definition) is 2. The number of nitrogens with one attached hydrogen (secondary N) is 1. The molecule has 1 aromatic heterocycles. The van der Waals surface area contributed by atoms with Gasteiger partial charge in [-0.3, -0.25) is 9.78 Å². The first-order valence-corrected chi connectivity index (χ1v) is 9.66. The van der Waals surface area contributed by atoms with Gasteiger partial charge in [-0.1, -0.05) is 45.1 Å². The van der Waals surface area contributed by atoms with Crippen molar-refractivity contribution in [3.05, 3.63) is 80.1 Å². The Kier molecular flexibility index (Phi) is 5.69. The molecule has 3 rings (SSSR count). The molecule has 0 unspecified atom stereocenters. The molecule has 2 aromatic carbocycles. The van der Waals surface area contributed by atoms with Gasteiger partial charge in [0.1, 0.15) is 5.75 Å². The molecule has 0 aliphatic carbocycles. The number of ether oxygens (including phenoxy) is 1. The van der Waals surface area contributed by atoms with Crippen molar-refractivity contribution < 1.29 is 4.74 Å². The molecule has 156 valence electrons. The maximum atomic E-state index is 12.5. The third-order valence-electron chi connectivity index (χ3n) is 4.94. The lowest BCUT2D eigenvalue weighted by atomic mass is 9.83. The maximum Gasteiger partial charge on any atom is 0.328 e. The molecule has 0 amide bonds. The summed E-state index contributed by atoms with van der Waals surface area (Å²) in [5, 5.41) is 0. The minimum atomic E-state index is -0.447. The normalized spacial score (nSPS) is 11.8. The number of anilines is 1. The number of benzene rings is 2. The van der Waals surface area contributed by atoms with Crippen LogP contribution in [0, 0.1) is 0 Å². The quantitative estimate of drug-likeness (QED) is 0.510. The largest absolute Gasteiger partial charge is 0.496 e. The molecule has 0 saturated heterocycles. The van der Waals surface area contributed by atoms with E-state index < -0.39 is 11.2 Å². The zero-order valence-electron chi connectivity index (χ0n) is 17.9. The van der Waals surface area contributed by atoms with Gasteiger partial charge in [0.15, 0.2) is 0 Å². The van der Waals surface area contributed by atoms with E-state index in [0.29, 0.717) is 11.3 Å². The first-order valence-electron chi connectivity index (χ1n) is 9.66. The minimum Gasteiger partial charge on any atom is -0.496 e. The molecule has 6 heteroatoms. The Morgan fingerprint density at radius 2 is 1.73 bits per heavy atom. The predicted octanol–water partition coefficient (Wildman–Crippen LogP) is 3.80. The molecule has 0 saturated carbocycles. The van der Waals surface area contributed by atoms with Crippen molar-refractivity contribution in [2.75, 3.05) is 12.8 Å². The van der Waals surface area contributed by atoms with E-state index in [1.54, 1.807) is 20.4 Å². The lowest BCUT2D eigenvalue weighted by Gasteiger charge is -2.24. The molecule has 0 spiro atoms. The highest BCUT2D eigenvalue weighted by atomic mass is 16.5. The van der Waals surface area contributed by atoms with Gasteiger partial charge in [-0.05, 0) is 40.8 Å². The van der Waals surface area contributed by atoms with Crippen molar-refractivity contribution in [1.82, 2.24) is 9.55 Å². The van der Waals surface area contributed by atoms with Crippen LogP contribution >= 0.6 is 0 Å². The van der Waals surface area contributed by atoms with Crippen LogP contribution in [0.4, 0.5) is 5.69 Å². The summed E-state index contributed by atoms with van der Waals surface area (Å²) < 4.78 is 7.12. The lowest BCUT2D eigenvalue weighted by molar-refractivity contribution is 0.397. The number of aromatic nitrogens is 2. The van der Waals surface area contributed by atoms with Crippen LogP contribution < -0.4 is 21.7 Å². The topological polar surface area (TPSA) is 90.1 Å². The Balaban J connectivity index is 2.24. The molecule has 0 aliphatic heterocycles. The third kappa shape index (κ3) is 4.38. The second-order valence-electron chi connectivity index (χ2n) is 8.31. The van der Waals surface area contributed by atoms with E-state index in [9.17, 15) is 9.59 Å². The van der Waals surface area contributed by atoms with Crippen LogP contribution in [0.3, 0.4) is 0 Å². The number of nitrogens with zero attached hydrogens (tertiary/aromatic N) is 1. The molecule has 3 N–H and O–H groups in total. The summed E-state index contributed by atoms with van der Waals surface area (Å²) in [6.45, 7) is 6.27. The number of methoxy groups -OCH3 is 1. The number of rotatable bonds is 4. The minimum absolute atomic E-state index is 0.224. The second kappa shape index (κ2) is 8.06. The molecule has 30 heavy (non-hydrogen) atoms. The van der Waals surface area contributed by atoms with Gasteiger partial charge in [0.2, 0.25) is 0 Å². The maximum absolute atomic E-state index is 12.5. The first-order chi connectivity index (χ1) is 14.1. The summed E-state index contributed by atoms with van der Waals surface area (Å²) in [6.07, 6.45) is 5.49. The van der Waals surface area contributed by atoms with Crippen molar-refractivity contribution in [1.29, 1.82) is 0 Å². The number of aromatic amines is 1.